The van der Waals surface area contributed by atoms with Gasteiger partial charge in [0.1, 0.15) is 0 Å². The van der Waals surface area contributed by atoms with Crippen LogP contribution >= 0.6 is 0 Å². The highest BCUT2D eigenvalue weighted by molar-refractivity contribution is 5.76. The van der Waals surface area contributed by atoms with Gasteiger partial charge >= 0.3 is 0 Å². The van der Waals surface area contributed by atoms with Crippen LogP contribution in [-0.2, 0) is 4.79 Å². The Labute approximate surface area is 98.4 Å². The zero-order valence-electron chi connectivity index (χ0n) is 10.5. The van der Waals surface area contributed by atoms with Crippen molar-refractivity contribution in [1.29, 1.82) is 5.26 Å². The third-order valence-electron chi connectivity index (χ3n) is 2.64. The lowest BCUT2D eigenvalue weighted by atomic mass is 10.1. The first-order chi connectivity index (χ1) is 7.63. The maximum absolute atomic E-state index is 11.4. The minimum atomic E-state index is 0.0775. The Morgan fingerprint density at radius 3 is 2.56 bits per heavy atom. The van der Waals surface area contributed by atoms with E-state index in [1.807, 2.05) is 20.8 Å². The van der Waals surface area contributed by atoms with Crippen molar-refractivity contribution in [3.63, 3.8) is 0 Å². The number of carbonyl (C=O) groups excluding carboxylic acids is 1. The average molecular weight is 225 g/mol. The van der Waals surface area contributed by atoms with Crippen molar-refractivity contribution in [3.05, 3.63) is 0 Å². The minimum absolute atomic E-state index is 0.0775. The lowest BCUT2D eigenvalue weighted by Crippen LogP contribution is -2.36. The second kappa shape index (κ2) is 9.17. The lowest BCUT2D eigenvalue weighted by molar-refractivity contribution is -0.121. The van der Waals surface area contributed by atoms with Gasteiger partial charge in [-0.3, -0.25) is 4.79 Å². The summed E-state index contributed by atoms with van der Waals surface area (Å²) in [5, 5.41) is 14.7. The van der Waals surface area contributed by atoms with Crippen molar-refractivity contribution in [2.24, 2.45) is 0 Å². The van der Waals surface area contributed by atoms with Crippen LogP contribution in [0.5, 0.6) is 0 Å². The van der Waals surface area contributed by atoms with Crippen LogP contribution < -0.4 is 10.6 Å². The van der Waals surface area contributed by atoms with Crippen LogP contribution in [0.15, 0.2) is 0 Å². The van der Waals surface area contributed by atoms with Gasteiger partial charge in [-0.2, -0.15) is 5.26 Å². The summed E-state index contributed by atoms with van der Waals surface area (Å²) in [6.45, 7) is 6.72. The van der Waals surface area contributed by atoms with Gasteiger partial charge in [-0.15, -0.1) is 0 Å². The number of hydrogen-bond donors (Lipinski definition) is 2. The molecule has 2 N–H and O–H groups in total. The molecule has 4 heteroatoms. The van der Waals surface area contributed by atoms with Crippen LogP contribution in [0.1, 0.15) is 46.5 Å². The maximum atomic E-state index is 11.4. The Hall–Kier alpha value is -1.08. The van der Waals surface area contributed by atoms with Crippen LogP contribution in [0, 0.1) is 11.3 Å². The van der Waals surface area contributed by atoms with Gasteiger partial charge in [-0.1, -0.05) is 13.8 Å². The Morgan fingerprint density at radius 2 is 2.06 bits per heavy atom. The van der Waals surface area contributed by atoms with Gasteiger partial charge in [-0.05, 0) is 19.8 Å². The molecule has 0 heterocycles. The average Bonchev–Trinajstić information content (AvgIpc) is 2.27. The summed E-state index contributed by atoms with van der Waals surface area (Å²) < 4.78 is 0. The minimum Gasteiger partial charge on any atom is -0.354 e. The highest BCUT2D eigenvalue weighted by Gasteiger charge is 2.07. The van der Waals surface area contributed by atoms with E-state index in [4.69, 9.17) is 5.26 Å². The number of amides is 1. The Balaban J connectivity index is 3.64. The fourth-order valence-corrected chi connectivity index (χ4v) is 1.31. The van der Waals surface area contributed by atoms with Crippen LogP contribution in [0.4, 0.5) is 0 Å². The fourth-order valence-electron chi connectivity index (χ4n) is 1.31. The molecule has 2 atom stereocenters. The van der Waals surface area contributed by atoms with Crippen LogP contribution in [0.3, 0.4) is 0 Å². The summed E-state index contributed by atoms with van der Waals surface area (Å²) in [5.41, 5.74) is 0. The van der Waals surface area contributed by atoms with Crippen LogP contribution in [-0.4, -0.2) is 24.5 Å². The first kappa shape index (κ1) is 14.9. The van der Waals surface area contributed by atoms with E-state index in [2.05, 4.69) is 16.7 Å². The van der Waals surface area contributed by atoms with Gasteiger partial charge in [0.15, 0.2) is 0 Å². The molecule has 0 aromatic heterocycles. The second-order valence-electron chi connectivity index (χ2n) is 4.05. The number of nitrogens with zero attached hydrogens (tertiary/aromatic N) is 1. The third-order valence-corrected chi connectivity index (χ3v) is 2.64. The molecule has 4 nitrogen and oxygen atoms in total. The zero-order valence-corrected chi connectivity index (χ0v) is 10.5. The van der Waals surface area contributed by atoms with Gasteiger partial charge in [0.25, 0.3) is 0 Å². The van der Waals surface area contributed by atoms with Gasteiger partial charge in [0.2, 0.25) is 5.91 Å². The normalized spacial score (nSPS) is 13.9. The Morgan fingerprint density at radius 1 is 1.38 bits per heavy atom. The molecular formula is C12H23N3O. The SMILES string of the molecule is CCC(C)NC(=O)CCNC(CC)CC#N. The molecule has 0 fully saturated rings. The molecule has 0 saturated heterocycles. The van der Waals surface area contributed by atoms with Crippen molar-refractivity contribution >= 4 is 5.91 Å². The van der Waals surface area contributed by atoms with E-state index < -0.39 is 0 Å². The summed E-state index contributed by atoms with van der Waals surface area (Å²) in [6.07, 6.45) is 2.85. The Kier molecular flexibility index (Phi) is 8.55. The van der Waals surface area contributed by atoms with E-state index in [1.165, 1.54) is 0 Å². The number of rotatable bonds is 8. The van der Waals surface area contributed by atoms with Gasteiger partial charge in [0.05, 0.1) is 12.5 Å². The molecule has 0 bridgehead atoms. The molecule has 0 aromatic rings. The summed E-state index contributed by atoms with van der Waals surface area (Å²) in [5.74, 6) is 0.0775. The van der Waals surface area contributed by atoms with Gasteiger partial charge in [-0.25, -0.2) is 0 Å². The van der Waals surface area contributed by atoms with E-state index in [0.717, 1.165) is 12.8 Å². The smallest absolute Gasteiger partial charge is 0.221 e. The van der Waals surface area contributed by atoms with Crippen molar-refractivity contribution in [2.45, 2.75) is 58.5 Å². The largest absolute Gasteiger partial charge is 0.354 e. The van der Waals surface area contributed by atoms with E-state index in [-0.39, 0.29) is 18.0 Å². The molecule has 0 rings (SSSR count). The van der Waals surface area contributed by atoms with E-state index in [1.54, 1.807) is 0 Å². The topological polar surface area (TPSA) is 64.9 Å². The molecule has 0 radical (unpaired) electrons. The first-order valence-corrected chi connectivity index (χ1v) is 6.03. The molecule has 0 aliphatic rings. The number of carbonyl (C=O) groups is 1. The van der Waals surface area contributed by atoms with E-state index in [9.17, 15) is 4.79 Å². The highest BCUT2D eigenvalue weighted by atomic mass is 16.1. The summed E-state index contributed by atoms with van der Waals surface area (Å²) in [6, 6.07) is 2.59. The summed E-state index contributed by atoms with van der Waals surface area (Å²) >= 11 is 0. The van der Waals surface area contributed by atoms with Crippen LogP contribution in [0.2, 0.25) is 0 Å². The maximum Gasteiger partial charge on any atom is 0.221 e. The van der Waals surface area contributed by atoms with Gasteiger partial charge < -0.3 is 10.6 Å². The molecule has 0 aromatic carbocycles. The van der Waals surface area contributed by atoms with Crippen molar-refractivity contribution < 1.29 is 4.79 Å². The monoisotopic (exact) mass is 225 g/mol. The third kappa shape index (κ3) is 7.24. The van der Waals surface area contributed by atoms with E-state index >= 15 is 0 Å². The number of nitriles is 1. The van der Waals surface area contributed by atoms with E-state index in [0.29, 0.717) is 19.4 Å². The molecule has 0 aliphatic heterocycles. The summed E-state index contributed by atoms with van der Waals surface area (Å²) in [7, 11) is 0. The number of hydrogen-bond acceptors (Lipinski definition) is 3. The standard InChI is InChI=1S/C12H23N3O/c1-4-10(3)15-12(16)7-9-14-11(5-2)6-8-13/h10-11,14H,4-7,9H2,1-3H3,(H,15,16). The first-order valence-electron chi connectivity index (χ1n) is 6.03. The molecular weight excluding hydrogens is 202 g/mol. The zero-order chi connectivity index (χ0) is 12.4. The second-order valence-corrected chi connectivity index (χ2v) is 4.05. The summed E-state index contributed by atoms with van der Waals surface area (Å²) in [4.78, 5) is 11.4. The van der Waals surface area contributed by atoms with Crippen molar-refractivity contribution in [2.75, 3.05) is 6.54 Å². The Bertz CT molecular complexity index is 235. The molecule has 92 valence electrons. The highest BCUT2D eigenvalue weighted by Crippen LogP contribution is 1.96. The predicted octanol–water partition coefficient (Wildman–Crippen LogP) is 1.57. The van der Waals surface area contributed by atoms with Crippen molar-refractivity contribution in [3.8, 4) is 6.07 Å². The molecule has 2 unspecified atom stereocenters. The van der Waals surface area contributed by atoms with Crippen molar-refractivity contribution in [1.82, 2.24) is 10.6 Å². The molecule has 0 spiro atoms. The molecule has 0 aliphatic carbocycles. The molecule has 0 saturated carbocycles. The molecule has 1 amide bonds. The number of nitrogens with one attached hydrogen (secondary N) is 2. The predicted molar refractivity (Wildman–Crippen MR) is 64.8 cm³/mol. The fraction of sp³-hybridized carbons (Fsp3) is 0.833. The quantitative estimate of drug-likeness (QED) is 0.659. The van der Waals surface area contributed by atoms with Gasteiger partial charge in [0, 0.05) is 25.0 Å². The van der Waals surface area contributed by atoms with Crippen LogP contribution in [0.25, 0.3) is 0 Å². The lowest BCUT2D eigenvalue weighted by Gasteiger charge is -2.14. The molecule has 16 heavy (non-hydrogen) atoms.